The maximum absolute atomic E-state index is 12.1. The van der Waals surface area contributed by atoms with Crippen LogP contribution >= 0.6 is 27.3 Å². The van der Waals surface area contributed by atoms with Crippen molar-refractivity contribution >= 4 is 54.2 Å². The number of benzene rings is 1. The van der Waals surface area contributed by atoms with Crippen molar-refractivity contribution in [1.82, 2.24) is 4.98 Å². The number of rotatable bonds is 4. The van der Waals surface area contributed by atoms with Crippen molar-refractivity contribution in [3.05, 3.63) is 18.2 Å². The molecule has 1 saturated heterocycles. The lowest BCUT2D eigenvalue weighted by Crippen LogP contribution is -2.36. The molecule has 1 N–H and O–H groups in total. The van der Waals surface area contributed by atoms with Crippen LogP contribution in [0.1, 0.15) is 13.8 Å². The van der Waals surface area contributed by atoms with E-state index in [2.05, 4.69) is 43.3 Å². The maximum atomic E-state index is 12.1. The van der Waals surface area contributed by atoms with Gasteiger partial charge in [-0.1, -0.05) is 41.1 Å². The summed E-state index contributed by atoms with van der Waals surface area (Å²) < 4.78 is 6.48. The molecule has 7 heteroatoms. The third-order valence-corrected chi connectivity index (χ3v) is 6.22. The van der Waals surface area contributed by atoms with E-state index in [1.165, 1.54) is 17.0 Å². The van der Waals surface area contributed by atoms with Crippen molar-refractivity contribution in [1.29, 1.82) is 0 Å². The third-order valence-electron chi connectivity index (χ3n) is 3.81. The molecule has 1 aliphatic rings. The highest BCUT2D eigenvalue weighted by molar-refractivity contribution is 9.10. The van der Waals surface area contributed by atoms with Gasteiger partial charge in [0.05, 0.1) is 28.3 Å². The quantitative estimate of drug-likeness (QED) is 0.802. The second kappa shape index (κ2) is 7.15. The minimum Gasteiger partial charge on any atom is -0.378 e. The Morgan fingerprint density at radius 3 is 2.83 bits per heavy atom. The summed E-state index contributed by atoms with van der Waals surface area (Å²) >= 11 is 4.93. The Morgan fingerprint density at radius 1 is 1.39 bits per heavy atom. The summed E-state index contributed by atoms with van der Waals surface area (Å²) in [7, 11) is 0. The molecule has 0 bridgehead atoms. The smallest absolute Gasteiger partial charge is 0.240 e. The lowest BCUT2D eigenvalue weighted by Gasteiger charge is -2.28. The van der Waals surface area contributed by atoms with Gasteiger partial charge in [-0.25, -0.2) is 4.98 Å². The number of nitrogens with zero attached hydrogens (tertiary/aromatic N) is 2. The van der Waals surface area contributed by atoms with Crippen LogP contribution in [0.2, 0.25) is 0 Å². The number of aromatic nitrogens is 1. The zero-order valence-electron chi connectivity index (χ0n) is 13.2. The molecule has 124 valence electrons. The Kier molecular flexibility index (Phi) is 5.18. The number of fused-ring (bicyclic) bond motifs is 1. The molecule has 0 spiro atoms. The van der Waals surface area contributed by atoms with Gasteiger partial charge in [0.25, 0.3) is 0 Å². The summed E-state index contributed by atoms with van der Waals surface area (Å²) in [6, 6.07) is 6.24. The molecule has 0 radical (unpaired) electrons. The Bertz CT molecular complexity index is 698. The van der Waals surface area contributed by atoms with Crippen LogP contribution in [0.5, 0.6) is 0 Å². The summed E-state index contributed by atoms with van der Waals surface area (Å²) in [5.41, 5.74) is 2.10. The van der Waals surface area contributed by atoms with E-state index in [0.717, 1.165) is 36.5 Å². The van der Waals surface area contributed by atoms with E-state index >= 15 is 0 Å². The SMILES string of the molecule is CC(C)[C@H](Br)C(=O)Nc1nc2ccc(N3CCOCC3)cc2s1. The molecule has 2 aromatic rings. The van der Waals surface area contributed by atoms with Crippen LogP contribution in [0.3, 0.4) is 0 Å². The van der Waals surface area contributed by atoms with Crippen molar-refractivity contribution in [2.24, 2.45) is 5.92 Å². The van der Waals surface area contributed by atoms with Gasteiger partial charge in [-0.3, -0.25) is 4.79 Å². The largest absolute Gasteiger partial charge is 0.378 e. The van der Waals surface area contributed by atoms with Crippen LogP contribution < -0.4 is 10.2 Å². The van der Waals surface area contributed by atoms with Crippen LogP contribution in [0.25, 0.3) is 10.2 Å². The van der Waals surface area contributed by atoms with E-state index < -0.39 is 0 Å². The Morgan fingerprint density at radius 2 is 2.13 bits per heavy atom. The number of anilines is 2. The minimum absolute atomic E-state index is 0.0486. The number of hydrogen-bond donors (Lipinski definition) is 1. The fourth-order valence-corrected chi connectivity index (χ4v) is 3.48. The molecule has 1 aliphatic heterocycles. The van der Waals surface area contributed by atoms with Gasteiger partial charge in [0, 0.05) is 18.8 Å². The molecule has 1 aromatic heterocycles. The predicted molar refractivity (Wildman–Crippen MR) is 98.8 cm³/mol. The average Bonchev–Trinajstić information content (AvgIpc) is 2.95. The third kappa shape index (κ3) is 3.84. The first-order chi connectivity index (χ1) is 11.0. The fourth-order valence-electron chi connectivity index (χ4n) is 2.46. The first-order valence-electron chi connectivity index (χ1n) is 7.73. The van der Waals surface area contributed by atoms with Gasteiger partial charge >= 0.3 is 0 Å². The number of carbonyl (C=O) groups is 1. The zero-order valence-corrected chi connectivity index (χ0v) is 15.6. The fraction of sp³-hybridized carbons (Fsp3) is 0.500. The number of hydrogen-bond acceptors (Lipinski definition) is 5. The lowest BCUT2D eigenvalue weighted by molar-refractivity contribution is -0.116. The molecular formula is C16H20BrN3O2S. The first kappa shape index (κ1) is 16.7. The minimum atomic E-state index is -0.210. The highest BCUT2D eigenvalue weighted by atomic mass is 79.9. The second-order valence-electron chi connectivity index (χ2n) is 5.91. The normalized spacial score (nSPS) is 16.8. The molecule has 0 saturated carbocycles. The van der Waals surface area contributed by atoms with E-state index in [1.54, 1.807) is 0 Å². The Labute approximate surface area is 148 Å². The van der Waals surface area contributed by atoms with Gasteiger partial charge in [0.2, 0.25) is 5.91 Å². The number of alkyl halides is 1. The standard InChI is InChI=1S/C16H20BrN3O2S/c1-10(2)14(17)15(21)19-16-18-12-4-3-11(9-13(12)23-16)20-5-7-22-8-6-20/h3-4,9-10,14H,5-8H2,1-2H3,(H,18,19,21)/t14-/m0/s1. The molecule has 0 unspecified atom stereocenters. The number of carbonyl (C=O) groups excluding carboxylic acids is 1. The summed E-state index contributed by atoms with van der Waals surface area (Å²) in [6.45, 7) is 7.37. The van der Waals surface area contributed by atoms with E-state index in [0.29, 0.717) is 5.13 Å². The summed E-state index contributed by atoms with van der Waals surface area (Å²) in [6.07, 6.45) is 0. The predicted octanol–water partition coefficient (Wildman–Crippen LogP) is 3.49. The number of ether oxygens (including phenoxy) is 1. The van der Waals surface area contributed by atoms with Gasteiger partial charge < -0.3 is 15.0 Å². The monoisotopic (exact) mass is 397 g/mol. The molecule has 1 amide bonds. The van der Waals surface area contributed by atoms with Gasteiger partial charge in [-0.05, 0) is 24.1 Å². The van der Waals surface area contributed by atoms with E-state index in [1.807, 2.05) is 19.9 Å². The molecule has 23 heavy (non-hydrogen) atoms. The Hall–Kier alpha value is -1.18. The van der Waals surface area contributed by atoms with Crippen LogP contribution in [0.4, 0.5) is 10.8 Å². The summed E-state index contributed by atoms with van der Waals surface area (Å²) in [5, 5.41) is 3.55. The van der Waals surface area contributed by atoms with E-state index in [-0.39, 0.29) is 16.7 Å². The number of amides is 1. The first-order valence-corrected chi connectivity index (χ1v) is 9.46. The number of thiazole rings is 1. The van der Waals surface area contributed by atoms with Gasteiger partial charge in [0.1, 0.15) is 0 Å². The van der Waals surface area contributed by atoms with Gasteiger partial charge in [0.15, 0.2) is 5.13 Å². The Balaban J connectivity index is 1.77. The number of morpholine rings is 1. The van der Waals surface area contributed by atoms with Crippen molar-refractivity contribution in [3.63, 3.8) is 0 Å². The molecule has 0 aliphatic carbocycles. The average molecular weight is 398 g/mol. The molecule has 1 fully saturated rings. The molecule has 1 aromatic carbocycles. The van der Waals surface area contributed by atoms with Crippen molar-refractivity contribution < 1.29 is 9.53 Å². The highest BCUT2D eigenvalue weighted by Crippen LogP contribution is 2.30. The van der Waals surface area contributed by atoms with Crippen LogP contribution in [-0.4, -0.2) is 42.0 Å². The molecule has 2 heterocycles. The maximum Gasteiger partial charge on any atom is 0.240 e. The zero-order chi connectivity index (χ0) is 16.4. The van der Waals surface area contributed by atoms with Crippen molar-refractivity contribution in [2.75, 3.05) is 36.5 Å². The van der Waals surface area contributed by atoms with E-state index in [9.17, 15) is 4.79 Å². The summed E-state index contributed by atoms with van der Waals surface area (Å²) in [4.78, 5) is 18.7. The molecular weight excluding hydrogens is 378 g/mol. The van der Waals surface area contributed by atoms with Crippen LogP contribution in [-0.2, 0) is 9.53 Å². The molecule has 1 atom stereocenters. The number of nitrogens with one attached hydrogen (secondary N) is 1. The van der Waals surface area contributed by atoms with E-state index in [4.69, 9.17) is 4.74 Å². The second-order valence-corrected chi connectivity index (χ2v) is 7.92. The highest BCUT2D eigenvalue weighted by Gasteiger charge is 2.20. The van der Waals surface area contributed by atoms with Crippen molar-refractivity contribution in [3.8, 4) is 0 Å². The number of halogens is 1. The summed E-state index contributed by atoms with van der Waals surface area (Å²) in [5.74, 6) is 0.185. The molecule has 3 rings (SSSR count). The van der Waals surface area contributed by atoms with Crippen LogP contribution in [0.15, 0.2) is 18.2 Å². The lowest BCUT2D eigenvalue weighted by atomic mass is 10.1. The van der Waals surface area contributed by atoms with Gasteiger partial charge in [-0.15, -0.1) is 0 Å². The molecule has 5 nitrogen and oxygen atoms in total. The topological polar surface area (TPSA) is 54.5 Å². The van der Waals surface area contributed by atoms with Gasteiger partial charge in [-0.2, -0.15) is 0 Å². The van der Waals surface area contributed by atoms with Crippen LogP contribution in [0, 0.1) is 5.92 Å². The van der Waals surface area contributed by atoms with Crippen molar-refractivity contribution in [2.45, 2.75) is 18.7 Å².